The number of aromatic hydroxyl groups is 1. The molecule has 1 aromatic heterocycles. The highest BCUT2D eigenvalue weighted by atomic mass is 35.5. The summed E-state index contributed by atoms with van der Waals surface area (Å²) in [6.45, 7) is 1.80. The van der Waals surface area contributed by atoms with E-state index in [1.165, 1.54) is 0 Å². The number of para-hydroxylation sites is 1. The number of aromatic nitrogens is 2. The van der Waals surface area contributed by atoms with E-state index in [4.69, 9.17) is 11.6 Å². The van der Waals surface area contributed by atoms with Crippen LogP contribution in [-0.4, -0.2) is 21.0 Å². The monoisotopic (exact) mass is 312 g/mol. The lowest BCUT2D eigenvalue weighted by Gasteiger charge is -2.07. The van der Waals surface area contributed by atoms with Gasteiger partial charge in [0.2, 0.25) is 0 Å². The molecule has 0 saturated heterocycles. The maximum atomic E-state index is 9.83. The van der Waals surface area contributed by atoms with Gasteiger partial charge in [0, 0.05) is 16.3 Å². The van der Waals surface area contributed by atoms with Crippen molar-refractivity contribution in [2.75, 3.05) is 5.43 Å². The van der Waals surface area contributed by atoms with Gasteiger partial charge in [0.15, 0.2) is 11.0 Å². The third kappa shape index (κ3) is 2.71. The van der Waals surface area contributed by atoms with Crippen LogP contribution in [-0.2, 0) is 0 Å². The zero-order chi connectivity index (χ0) is 15.5. The molecule has 5 nitrogen and oxygen atoms in total. The molecule has 0 amide bonds. The van der Waals surface area contributed by atoms with Gasteiger partial charge >= 0.3 is 0 Å². The largest absolute Gasteiger partial charge is 0.507 e. The van der Waals surface area contributed by atoms with Gasteiger partial charge in [-0.15, -0.1) is 10.2 Å². The maximum Gasteiger partial charge on any atom is 0.176 e. The second-order valence-corrected chi connectivity index (χ2v) is 5.07. The first-order valence-corrected chi connectivity index (χ1v) is 7.04. The van der Waals surface area contributed by atoms with Gasteiger partial charge in [0.25, 0.3) is 0 Å². The van der Waals surface area contributed by atoms with Crippen molar-refractivity contribution in [3.63, 3.8) is 0 Å². The fourth-order valence-electron chi connectivity index (χ4n) is 2.13. The smallest absolute Gasteiger partial charge is 0.176 e. The number of nitrogens with one attached hydrogen (secondary N) is 1. The van der Waals surface area contributed by atoms with Crippen molar-refractivity contribution in [2.24, 2.45) is 5.10 Å². The second kappa shape index (κ2) is 5.99. The van der Waals surface area contributed by atoms with Gasteiger partial charge < -0.3 is 5.11 Å². The van der Waals surface area contributed by atoms with E-state index in [1.807, 2.05) is 30.3 Å². The Hall–Kier alpha value is -2.66. The van der Waals surface area contributed by atoms with Gasteiger partial charge in [-0.1, -0.05) is 48.0 Å². The number of hydrogen-bond acceptors (Lipinski definition) is 5. The van der Waals surface area contributed by atoms with Gasteiger partial charge in [-0.05, 0) is 19.1 Å². The average Bonchev–Trinajstić information content (AvgIpc) is 2.55. The fraction of sp³-hybridized carbons (Fsp3) is 0.0625. The number of hydrazone groups is 1. The van der Waals surface area contributed by atoms with Crippen LogP contribution in [0.1, 0.15) is 12.5 Å². The van der Waals surface area contributed by atoms with Gasteiger partial charge in [0.05, 0.1) is 5.71 Å². The minimum Gasteiger partial charge on any atom is -0.507 e. The van der Waals surface area contributed by atoms with E-state index in [1.54, 1.807) is 25.1 Å². The Bertz CT molecular complexity index is 864. The van der Waals surface area contributed by atoms with Crippen molar-refractivity contribution in [3.8, 4) is 5.75 Å². The molecule has 0 bridgehead atoms. The van der Waals surface area contributed by atoms with Gasteiger partial charge in [-0.3, -0.25) is 5.43 Å². The van der Waals surface area contributed by atoms with E-state index in [0.717, 1.165) is 10.8 Å². The number of phenols is 1. The Balaban J connectivity index is 1.96. The lowest BCUT2D eigenvalue weighted by atomic mass is 10.1. The Labute approximate surface area is 132 Å². The highest BCUT2D eigenvalue weighted by Gasteiger charge is 2.07. The van der Waals surface area contributed by atoms with Crippen molar-refractivity contribution < 1.29 is 5.11 Å². The number of benzene rings is 2. The molecule has 6 heteroatoms. The van der Waals surface area contributed by atoms with Gasteiger partial charge in [-0.25, -0.2) is 0 Å². The zero-order valence-corrected chi connectivity index (χ0v) is 12.5. The van der Waals surface area contributed by atoms with Crippen LogP contribution in [0.3, 0.4) is 0 Å². The molecular formula is C16H13ClN4O. The van der Waals surface area contributed by atoms with E-state index in [-0.39, 0.29) is 5.75 Å². The molecule has 0 aliphatic heterocycles. The molecule has 2 N–H and O–H groups in total. The molecular weight excluding hydrogens is 300 g/mol. The van der Waals surface area contributed by atoms with Crippen LogP contribution in [0, 0.1) is 0 Å². The average molecular weight is 313 g/mol. The lowest BCUT2D eigenvalue weighted by Crippen LogP contribution is -2.02. The number of halogens is 1. The summed E-state index contributed by atoms with van der Waals surface area (Å²) < 4.78 is 0. The summed E-state index contributed by atoms with van der Waals surface area (Å²) in [5.41, 5.74) is 4.18. The molecule has 1 heterocycles. The molecule has 0 fully saturated rings. The summed E-state index contributed by atoms with van der Waals surface area (Å²) in [6.07, 6.45) is 0. The molecule has 3 aromatic rings. The Morgan fingerprint density at radius 1 is 1.05 bits per heavy atom. The summed E-state index contributed by atoms with van der Waals surface area (Å²) in [7, 11) is 0. The minimum absolute atomic E-state index is 0.178. The van der Waals surface area contributed by atoms with E-state index >= 15 is 0 Å². The van der Waals surface area contributed by atoms with Crippen molar-refractivity contribution >= 4 is 33.9 Å². The molecule has 2 aromatic carbocycles. The topological polar surface area (TPSA) is 70.4 Å². The molecule has 0 spiro atoms. The SMILES string of the molecule is C/C(=N/Nc1nnc(Cl)c2ccccc12)c1ccccc1O. The fourth-order valence-corrected chi connectivity index (χ4v) is 2.33. The highest BCUT2D eigenvalue weighted by Crippen LogP contribution is 2.25. The van der Waals surface area contributed by atoms with Crippen LogP contribution in [0.5, 0.6) is 5.75 Å². The normalized spacial score (nSPS) is 11.6. The van der Waals surface area contributed by atoms with E-state index < -0.39 is 0 Å². The summed E-state index contributed by atoms with van der Waals surface area (Å²) >= 11 is 6.04. The van der Waals surface area contributed by atoms with Crippen molar-refractivity contribution in [1.82, 2.24) is 10.2 Å². The number of nitrogens with zero attached hydrogens (tertiary/aromatic N) is 3. The molecule has 0 saturated carbocycles. The molecule has 3 rings (SSSR count). The van der Waals surface area contributed by atoms with E-state index in [0.29, 0.717) is 22.2 Å². The molecule has 110 valence electrons. The van der Waals surface area contributed by atoms with Gasteiger partial charge in [0.1, 0.15) is 5.75 Å². The molecule has 0 aliphatic carbocycles. The standard InChI is InChI=1S/C16H13ClN4O/c1-10(11-6-4-5-9-14(11)22)18-20-16-13-8-3-2-7-12(13)15(17)19-21-16/h2-9,22H,1H3,(H,20,21)/b18-10-. The van der Waals surface area contributed by atoms with Gasteiger partial charge in [-0.2, -0.15) is 5.10 Å². The number of hydrogen-bond donors (Lipinski definition) is 2. The van der Waals surface area contributed by atoms with Crippen molar-refractivity contribution in [1.29, 1.82) is 0 Å². The summed E-state index contributed by atoms with van der Waals surface area (Å²) in [5.74, 6) is 0.687. The van der Waals surface area contributed by atoms with Crippen molar-refractivity contribution in [2.45, 2.75) is 6.92 Å². The van der Waals surface area contributed by atoms with E-state index in [2.05, 4.69) is 20.7 Å². The van der Waals surface area contributed by atoms with Crippen LogP contribution in [0.4, 0.5) is 5.82 Å². The van der Waals surface area contributed by atoms with Crippen LogP contribution >= 0.6 is 11.6 Å². The first-order chi connectivity index (χ1) is 10.7. The minimum atomic E-state index is 0.178. The third-order valence-corrected chi connectivity index (χ3v) is 3.54. The number of phenolic OH excluding ortho intramolecular Hbond substituents is 1. The summed E-state index contributed by atoms with van der Waals surface area (Å²) in [4.78, 5) is 0. The quantitative estimate of drug-likeness (QED) is 0.569. The first kappa shape index (κ1) is 14.3. The number of anilines is 1. The summed E-state index contributed by atoms with van der Waals surface area (Å²) in [6, 6.07) is 14.6. The van der Waals surface area contributed by atoms with Crippen LogP contribution in [0.15, 0.2) is 53.6 Å². The Morgan fingerprint density at radius 2 is 1.73 bits per heavy atom. The Morgan fingerprint density at radius 3 is 2.50 bits per heavy atom. The zero-order valence-electron chi connectivity index (χ0n) is 11.8. The molecule has 22 heavy (non-hydrogen) atoms. The number of fused-ring (bicyclic) bond motifs is 1. The lowest BCUT2D eigenvalue weighted by molar-refractivity contribution is 0.474. The predicted octanol–water partition coefficient (Wildman–Crippen LogP) is 3.82. The molecule has 0 atom stereocenters. The number of rotatable bonds is 3. The van der Waals surface area contributed by atoms with E-state index in [9.17, 15) is 5.11 Å². The first-order valence-electron chi connectivity index (χ1n) is 6.66. The van der Waals surface area contributed by atoms with Crippen LogP contribution in [0.25, 0.3) is 10.8 Å². The molecule has 0 aliphatic rings. The Kier molecular flexibility index (Phi) is 3.89. The highest BCUT2D eigenvalue weighted by molar-refractivity contribution is 6.34. The molecule has 0 unspecified atom stereocenters. The predicted molar refractivity (Wildman–Crippen MR) is 88.5 cm³/mol. The molecule has 0 radical (unpaired) electrons. The third-order valence-electron chi connectivity index (χ3n) is 3.27. The van der Waals surface area contributed by atoms with Crippen LogP contribution in [0.2, 0.25) is 5.15 Å². The summed E-state index contributed by atoms with van der Waals surface area (Å²) in [5, 5.41) is 24.0. The maximum absolute atomic E-state index is 9.83. The van der Waals surface area contributed by atoms with Crippen LogP contribution < -0.4 is 5.43 Å². The second-order valence-electron chi connectivity index (χ2n) is 4.71. The van der Waals surface area contributed by atoms with Crippen molar-refractivity contribution in [3.05, 3.63) is 59.2 Å².